The van der Waals surface area contributed by atoms with Crippen molar-refractivity contribution in [3.05, 3.63) is 48.4 Å². The Hall–Kier alpha value is -2.59. The van der Waals surface area contributed by atoms with Crippen molar-refractivity contribution in [2.75, 3.05) is 0 Å². The molecule has 0 aliphatic carbocycles. The van der Waals surface area contributed by atoms with Gasteiger partial charge in [0, 0.05) is 25.6 Å². The quantitative estimate of drug-likeness (QED) is 0.714. The average molecular weight is 333 g/mol. The minimum atomic E-state index is -3.68. The lowest BCUT2D eigenvalue weighted by molar-refractivity contribution is 0.577. The summed E-state index contributed by atoms with van der Waals surface area (Å²) in [5, 5.41) is 7.90. The Morgan fingerprint density at radius 1 is 1.22 bits per heavy atom. The summed E-state index contributed by atoms with van der Waals surface area (Å²) in [6.07, 6.45) is 6.40. The minimum absolute atomic E-state index is 0.0148. The van der Waals surface area contributed by atoms with E-state index >= 15 is 0 Å². The summed E-state index contributed by atoms with van der Waals surface area (Å²) in [5.41, 5.74) is 1.29. The van der Waals surface area contributed by atoms with E-state index in [4.69, 9.17) is 0 Å². The number of imidazole rings is 1. The molecule has 3 aromatic heterocycles. The van der Waals surface area contributed by atoms with Gasteiger partial charge < -0.3 is 4.57 Å². The molecule has 0 fully saturated rings. The van der Waals surface area contributed by atoms with E-state index < -0.39 is 10.0 Å². The molecule has 1 N–H and O–H groups in total. The maximum atomic E-state index is 12.2. The maximum Gasteiger partial charge on any atom is 0.259 e. The molecule has 0 aliphatic heterocycles. The molecule has 0 amide bonds. The number of nitrogens with one attached hydrogen (secondary N) is 1. The molecule has 3 aromatic rings. The third-order valence-electron chi connectivity index (χ3n) is 3.27. The summed E-state index contributed by atoms with van der Waals surface area (Å²) in [7, 11) is -1.95. The smallest absolute Gasteiger partial charge is 0.259 e. The lowest BCUT2D eigenvalue weighted by Crippen LogP contribution is -2.23. The summed E-state index contributed by atoms with van der Waals surface area (Å²) in [6.45, 7) is 1.77. The van der Waals surface area contributed by atoms with Crippen LogP contribution in [0, 0.1) is 6.92 Å². The van der Waals surface area contributed by atoms with Crippen molar-refractivity contribution in [3.8, 4) is 5.69 Å². The number of pyridine rings is 1. The van der Waals surface area contributed by atoms with Gasteiger partial charge in [-0.05, 0) is 19.1 Å². The van der Waals surface area contributed by atoms with Gasteiger partial charge in [-0.3, -0.25) is 4.98 Å². The summed E-state index contributed by atoms with van der Waals surface area (Å²) in [5.74, 6) is 0.619. The van der Waals surface area contributed by atoms with Gasteiger partial charge >= 0.3 is 0 Å². The Labute approximate surface area is 133 Å². The van der Waals surface area contributed by atoms with E-state index in [1.54, 1.807) is 53.9 Å². The van der Waals surface area contributed by atoms with E-state index in [1.165, 1.54) is 6.20 Å². The summed E-state index contributed by atoms with van der Waals surface area (Å²) >= 11 is 0. The number of rotatable bonds is 5. The van der Waals surface area contributed by atoms with E-state index in [0.717, 1.165) is 5.69 Å². The first-order valence-electron chi connectivity index (χ1n) is 6.77. The number of sulfonamides is 1. The Morgan fingerprint density at radius 3 is 2.61 bits per heavy atom. The number of aryl methyl sites for hydroxylation is 2. The average Bonchev–Trinajstić information content (AvgIpc) is 3.14. The zero-order valence-electron chi connectivity index (χ0n) is 12.6. The molecular formula is C13H15N7O2S. The van der Waals surface area contributed by atoms with Gasteiger partial charge in [-0.1, -0.05) is 5.21 Å². The highest BCUT2D eigenvalue weighted by molar-refractivity contribution is 7.89. The molecule has 0 atom stereocenters. The first-order chi connectivity index (χ1) is 11.0. The van der Waals surface area contributed by atoms with E-state index in [0.29, 0.717) is 11.5 Å². The van der Waals surface area contributed by atoms with Crippen molar-refractivity contribution in [1.29, 1.82) is 0 Å². The van der Waals surface area contributed by atoms with Crippen LogP contribution in [0.25, 0.3) is 5.69 Å². The van der Waals surface area contributed by atoms with Gasteiger partial charge in [0.2, 0.25) is 0 Å². The van der Waals surface area contributed by atoms with Crippen LogP contribution in [0.1, 0.15) is 11.5 Å². The molecule has 0 bridgehead atoms. The predicted octanol–water partition coefficient (Wildman–Crippen LogP) is 0.183. The highest BCUT2D eigenvalue weighted by atomic mass is 32.2. The van der Waals surface area contributed by atoms with Gasteiger partial charge in [0.1, 0.15) is 5.82 Å². The molecule has 0 spiro atoms. The summed E-state index contributed by atoms with van der Waals surface area (Å²) < 4.78 is 30.1. The van der Waals surface area contributed by atoms with Crippen LogP contribution in [0.2, 0.25) is 0 Å². The molecule has 0 aliphatic rings. The largest absolute Gasteiger partial charge is 0.337 e. The third-order valence-corrected chi connectivity index (χ3v) is 4.54. The fraction of sp³-hybridized carbons (Fsp3) is 0.231. The van der Waals surface area contributed by atoms with E-state index in [-0.39, 0.29) is 11.6 Å². The topological polar surface area (TPSA) is 108 Å². The van der Waals surface area contributed by atoms with Gasteiger partial charge in [0.25, 0.3) is 10.0 Å². The fourth-order valence-electron chi connectivity index (χ4n) is 1.90. The van der Waals surface area contributed by atoms with E-state index in [2.05, 4.69) is 25.0 Å². The molecule has 0 saturated carbocycles. The van der Waals surface area contributed by atoms with Gasteiger partial charge in [-0.15, -0.1) is 5.10 Å². The SMILES string of the molecule is Cc1nc(S(=O)(=O)NCc2cn(-c3ccncc3)nn2)cn1C. The van der Waals surface area contributed by atoms with Crippen molar-refractivity contribution < 1.29 is 8.42 Å². The molecule has 120 valence electrons. The molecule has 0 aromatic carbocycles. The standard InChI is InChI=1S/C13H15N7O2S/c1-10-16-13(9-19(10)2)23(21,22)15-7-11-8-20(18-17-11)12-3-5-14-6-4-12/h3-6,8-9,15H,7H2,1-2H3. The summed E-state index contributed by atoms with van der Waals surface area (Å²) in [6, 6.07) is 3.55. The second-order valence-electron chi connectivity index (χ2n) is 4.92. The van der Waals surface area contributed by atoms with Crippen LogP contribution in [-0.4, -0.2) is 37.9 Å². The highest BCUT2D eigenvalue weighted by Crippen LogP contribution is 2.09. The van der Waals surface area contributed by atoms with Crippen molar-refractivity contribution in [3.63, 3.8) is 0 Å². The zero-order valence-corrected chi connectivity index (χ0v) is 13.4. The highest BCUT2D eigenvalue weighted by Gasteiger charge is 2.18. The monoisotopic (exact) mass is 333 g/mol. The maximum absolute atomic E-state index is 12.2. The number of aromatic nitrogens is 6. The van der Waals surface area contributed by atoms with Gasteiger partial charge in [0.15, 0.2) is 5.03 Å². The van der Waals surface area contributed by atoms with Crippen LogP contribution in [0.5, 0.6) is 0 Å². The molecule has 3 heterocycles. The second-order valence-corrected chi connectivity index (χ2v) is 6.64. The lowest BCUT2D eigenvalue weighted by atomic mass is 10.4. The fourth-order valence-corrected chi connectivity index (χ4v) is 2.94. The predicted molar refractivity (Wildman–Crippen MR) is 81.1 cm³/mol. The molecule has 9 nitrogen and oxygen atoms in total. The number of nitrogens with zero attached hydrogens (tertiary/aromatic N) is 6. The second kappa shape index (κ2) is 5.89. The first kappa shape index (κ1) is 15.3. The van der Waals surface area contributed by atoms with Gasteiger partial charge in [-0.2, -0.15) is 0 Å². The Bertz CT molecular complexity index is 895. The van der Waals surface area contributed by atoms with Crippen LogP contribution >= 0.6 is 0 Å². The van der Waals surface area contributed by atoms with Crippen LogP contribution in [0.15, 0.2) is 41.9 Å². The zero-order chi connectivity index (χ0) is 16.4. The molecule has 0 unspecified atom stereocenters. The minimum Gasteiger partial charge on any atom is -0.337 e. The number of hydrogen-bond donors (Lipinski definition) is 1. The normalized spacial score (nSPS) is 11.7. The van der Waals surface area contributed by atoms with Crippen LogP contribution in [0.4, 0.5) is 0 Å². The third kappa shape index (κ3) is 3.27. The number of hydrogen-bond acceptors (Lipinski definition) is 6. The lowest BCUT2D eigenvalue weighted by Gasteiger charge is -2.01. The van der Waals surface area contributed by atoms with Gasteiger partial charge in [0.05, 0.1) is 24.1 Å². The van der Waals surface area contributed by atoms with E-state index in [9.17, 15) is 8.42 Å². The Morgan fingerprint density at radius 2 is 1.96 bits per heavy atom. The molecule has 0 radical (unpaired) electrons. The van der Waals surface area contributed by atoms with E-state index in [1.807, 2.05) is 0 Å². The Balaban J connectivity index is 1.72. The van der Waals surface area contributed by atoms with Crippen LogP contribution in [-0.2, 0) is 23.6 Å². The van der Waals surface area contributed by atoms with Crippen LogP contribution < -0.4 is 4.72 Å². The molecule has 0 saturated heterocycles. The summed E-state index contributed by atoms with van der Waals surface area (Å²) in [4.78, 5) is 7.94. The molecular weight excluding hydrogens is 318 g/mol. The van der Waals surface area contributed by atoms with Crippen molar-refractivity contribution in [2.45, 2.75) is 18.5 Å². The van der Waals surface area contributed by atoms with Gasteiger partial charge in [-0.25, -0.2) is 22.8 Å². The Kier molecular flexibility index (Phi) is 3.92. The first-order valence-corrected chi connectivity index (χ1v) is 8.25. The van der Waals surface area contributed by atoms with Crippen LogP contribution in [0.3, 0.4) is 0 Å². The molecule has 23 heavy (non-hydrogen) atoms. The molecule has 10 heteroatoms. The molecule has 3 rings (SSSR count). The van der Waals surface area contributed by atoms with Crippen molar-refractivity contribution in [2.24, 2.45) is 7.05 Å². The van der Waals surface area contributed by atoms with Crippen molar-refractivity contribution >= 4 is 10.0 Å². The van der Waals surface area contributed by atoms with Crippen molar-refractivity contribution in [1.82, 2.24) is 34.3 Å².